The van der Waals surface area contributed by atoms with Gasteiger partial charge in [-0.1, -0.05) is 0 Å². The lowest BCUT2D eigenvalue weighted by molar-refractivity contribution is -0.119. The van der Waals surface area contributed by atoms with Crippen LogP contribution in [0.3, 0.4) is 0 Å². The van der Waals surface area contributed by atoms with Gasteiger partial charge in [-0.3, -0.25) is 15.6 Å². The first-order valence-corrected chi connectivity index (χ1v) is 4.67. The fourth-order valence-electron chi connectivity index (χ4n) is 1.32. The predicted octanol–water partition coefficient (Wildman–Crippen LogP) is -0.282. The molecule has 8 nitrogen and oxygen atoms in total. The molecular formula is C9H10N4O4. The molecule has 0 fully saturated rings. The molecule has 0 radical (unpaired) electrons. The molecule has 0 spiro atoms. The van der Waals surface area contributed by atoms with E-state index in [-0.39, 0.29) is 18.1 Å². The van der Waals surface area contributed by atoms with Crippen LogP contribution in [0.4, 0.5) is 16.2 Å². The van der Waals surface area contributed by atoms with Crippen LogP contribution in [0.1, 0.15) is 0 Å². The number of carbonyl (C=O) groups is 2. The van der Waals surface area contributed by atoms with E-state index < -0.39 is 11.9 Å². The van der Waals surface area contributed by atoms with Crippen molar-refractivity contribution in [3.05, 3.63) is 12.1 Å². The zero-order chi connectivity index (χ0) is 12.4. The molecule has 0 aliphatic carbocycles. The largest absolute Gasteiger partial charge is 0.504 e. The Morgan fingerprint density at radius 3 is 2.82 bits per heavy atom. The van der Waals surface area contributed by atoms with E-state index in [1.54, 1.807) is 0 Å². The molecule has 1 aromatic carbocycles. The normalized spacial score (nSPS) is 12.8. The number of hydrogen-bond acceptors (Lipinski definition) is 5. The Hall–Kier alpha value is -2.64. The van der Waals surface area contributed by atoms with E-state index in [2.05, 4.69) is 16.2 Å². The number of nitrogens with two attached hydrogens (primary N) is 1. The minimum Gasteiger partial charge on any atom is -0.504 e. The standard InChI is InChI=1S/C9H10N4O4/c10-8(15)3-17-7-2-5-4(1-6(7)14)11-9(16)13-12-5/h1-2,12,14H,3H2,(H2,10,15)(H2,11,13,16). The second-order valence-corrected chi connectivity index (χ2v) is 3.32. The molecule has 3 amide bonds. The van der Waals surface area contributed by atoms with E-state index in [1.165, 1.54) is 12.1 Å². The highest BCUT2D eigenvalue weighted by atomic mass is 16.5. The van der Waals surface area contributed by atoms with E-state index >= 15 is 0 Å². The zero-order valence-electron chi connectivity index (χ0n) is 8.61. The van der Waals surface area contributed by atoms with Gasteiger partial charge in [0.2, 0.25) is 0 Å². The Morgan fingerprint density at radius 1 is 1.35 bits per heavy atom. The Labute approximate surface area is 95.7 Å². The molecule has 0 aromatic heterocycles. The maximum Gasteiger partial charge on any atom is 0.337 e. The smallest absolute Gasteiger partial charge is 0.337 e. The molecule has 0 bridgehead atoms. The average Bonchev–Trinajstić information content (AvgIpc) is 2.26. The van der Waals surface area contributed by atoms with E-state index in [9.17, 15) is 14.7 Å². The number of hydrogen-bond donors (Lipinski definition) is 5. The van der Waals surface area contributed by atoms with Gasteiger partial charge in [-0.05, 0) is 0 Å². The van der Waals surface area contributed by atoms with E-state index in [4.69, 9.17) is 10.5 Å². The fourth-order valence-corrected chi connectivity index (χ4v) is 1.32. The highest BCUT2D eigenvalue weighted by Crippen LogP contribution is 2.36. The van der Waals surface area contributed by atoms with Crippen LogP contribution in [0.15, 0.2) is 12.1 Å². The molecule has 1 aromatic rings. The number of fused-ring (bicyclic) bond motifs is 1. The van der Waals surface area contributed by atoms with Gasteiger partial charge < -0.3 is 20.9 Å². The number of carbonyl (C=O) groups excluding carboxylic acids is 2. The van der Waals surface area contributed by atoms with Crippen LogP contribution in [0.2, 0.25) is 0 Å². The van der Waals surface area contributed by atoms with Crippen LogP contribution in [-0.2, 0) is 4.79 Å². The summed E-state index contributed by atoms with van der Waals surface area (Å²) in [5, 5.41) is 12.1. The topological polar surface area (TPSA) is 126 Å². The third-order valence-corrected chi connectivity index (χ3v) is 2.03. The Balaban J connectivity index is 2.24. The highest BCUT2D eigenvalue weighted by Gasteiger charge is 2.17. The summed E-state index contributed by atoms with van der Waals surface area (Å²) in [6.07, 6.45) is 0. The SMILES string of the molecule is NC(=O)COc1cc2c(cc1O)NC(=O)NN2. The Kier molecular flexibility index (Phi) is 2.61. The van der Waals surface area contributed by atoms with Gasteiger partial charge in [0.1, 0.15) is 0 Å². The fraction of sp³-hybridized carbons (Fsp3) is 0.111. The van der Waals surface area contributed by atoms with Crippen molar-refractivity contribution >= 4 is 23.3 Å². The number of urea groups is 1. The third kappa shape index (κ3) is 2.30. The zero-order valence-corrected chi connectivity index (χ0v) is 8.61. The lowest BCUT2D eigenvalue weighted by atomic mass is 10.2. The molecule has 1 heterocycles. The monoisotopic (exact) mass is 238 g/mol. The van der Waals surface area contributed by atoms with Gasteiger partial charge in [-0.15, -0.1) is 0 Å². The van der Waals surface area contributed by atoms with Crippen LogP contribution in [0.5, 0.6) is 11.5 Å². The van der Waals surface area contributed by atoms with Gasteiger partial charge >= 0.3 is 6.03 Å². The first-order chi connectivity index (χ1) is 8.06. The van der Waals surface area contributed by atoms with Crippen molar-refractivity contribution in [3.63, 3.8) is 0 Å². The van der Waals surface area contributed by atoms with Crippen LogP contribution in [-0.4, -0.2) is 23.7 Å². The molecule has 0 saturated heterocycles. The van der Waals surface area contributed by atoms with Crippen molar-refractivity contribution < 1.29 is 19.4 Å². The summed E-state index contributed by atoms with van der Waals surface area (Å²) in [5.74, 6) is -0.761. The number of nitrogens with one attached hydrogen (secondary N) is 3. The lowest BCUT2D eigenvalue weighted by Gasteiger charge is -2.21. The van der Waals surface area contributed by atoms with Gasteiger partial charge in [0.15, 0.2) is 18.1 Å². The van der Waals surface area contributed by atoms with Crippen LogP contribution < -0.4 is 26.6 Å². The quantitative estimate of drug-likeness (QED) is 0.463. The number of benzene rings is 1. The van der Waals surface area contributed by atoms with E-state index in [1.807, 2.05) is 0 Å². The van der Waals surface area contributed by atoms with Gasteiger partial charge in [-0.25, -0.2) is 4.79 Å². The summed E-state index contributed by atoms with van der Waals surface area (Å²) in [5.41, 5.74) is 10.7. The van der Waals surface area contributed by atoms with Gasteiger partial charge in [0, 0.05) is 12.1 Å². The number of anilines is 2. The number of phenolic OH excluding ortho intramolecular Hbond substituents is 1. The Morgan fingerprint density at radius 2 is 2.12 bits per heavy atom. The summed E-state index contributed by atoms with van der Waals surface area (Å²) in [7, 11) is 0. The molecular weight excluding hydrogens is 228 g/mol. The molecule has 0 unspecified atom stereocenters. The van der Waals surface area contributed by atoms with Crippen molar-refractivity contribution in [3.8, 4) is 11.5 Å². The molecule has 90 valence electrons. The minimum atomic E-state index is -0.651. The van der Waals surface area contributed by atoms with Crippen molar-refractivity contribution in [2.75, 3.05) is 17.3 Å². The number of hydrazine groups is 1. The second-order valence-electron chi connectivity index (χ2n) is 3.32. The van der Waals surface area contributed by atoms with Gasteiger partial charge in [0.25, 0.3) is 5.91 Å². The van der Waals surface area contributed by atoms with Gasteiger partial charge in [0.05, 0.1) is 11.4 Å². The lowest BCUT2D eigenvalue weighted by Crippen LogP contribution is -2.38. The van der Waals surface area contributed by atoms with Gasteiger partial charge in [-0.2, -0.15) is 0 Å². The molecule has 0 atom stereocenters. The van der Waals surface area contributed by atoms with Crippen molar-refractivity contribution in [2.45, 2.75) is 0 Å². The van der Waals surface area contributed by atoms with Crippen molar-refractivity contribution in [1.29, 1.82) is 0 Å². The van der Waals surface area contributed by atoms with Crippen LogP contribution in [0, 0.1) is 0 Å². The number of primary amides is 1. The predicted molar refractivity (Wildman–Crippen MR) is 58.6 cm³/mol. The average molecular weight is 238 g/mol. The summed E-state index contributed by atoms with van der Waals surface area (Å²) in [6.45, 7) is -0.341. The molecule has 0 saturated carbocycles. The maximum absolute atomic E-state index is 11.0. The van der Waals surface area contributed by atoms with E-state index in [0.29, 0.717) is 11.4 Å². The molecule has 8 heteroatoms. The maximum atomic E-state index is 11.0. The number of aromatic hydroxyl groups is 1. The number of amides is 3. The highest BCUT2D eigenvalue weighted by molar-refractivity contribution is 5.97. The van der Waals surface area contributed by atoms with Crippen LogP contribution >= 0.6 is 0 Å². The van der Waals surface area contributed by atoms with Crippen molar-refractivity contribution in [2.24, 2.45) is 5.73 Å². The molecule has 17 heavy (non-hydrogen) atoms. The second kappa shape index (κ2) is 4.08. The van der Waals surface area contributed by atoms with Crippen LogP contribution in [0.25, 0.3) is 0 Å². The molecule has 2 rings (SSSR count). The van der Waals surface area contributed by atoms with E-state index in [0.717, 1.165) is 0 Å². The first kappa shape index (κ1) is 10.9. The molecule has 1 aliphatic heterocycles. The summed E-state index contributed by atoms with van der Waals surface area (Å²) >= 11 is 0. The number of ether oxygens (including phenoxy) is 1. The Bertz CT molecular complexity index is 488. The molecule has 6 N–H and O–H groups in total. The van der Waals surface area contributed by atoms with Crippen molar-refractivity contribution in [1.82, 2.24) is 5.43 Å². The summed E-state index contributed by atoms with van der Waals surface area (Å²) < 4.78 is 4.99. The number of rotatable bonds is 3. The third-order valence-electron chi connectivity index (χ3n) is 2.03. The first-order valence-electron chi connectivity index (χ1n) is 4.67. The summed E-state index contributed by atoms with van der Waals surface area (Å²) in [6, 6.07) is 2.29. The number of phenols is 1. The minimum absolute atomic E-state index is 0.0907. The summed E-state index contributed by atoms with van der Waals surface area (Å²) in [4.78, 5) is 21.5. The molecule has 1 aliphatic rings.